The molecular weight excluding hydrogens is 327 g/mol. The van der Waals surface area contributed by atoms with Gasteiger partial charge in [-0.05, 0) is 0 Å². The van der Waals surface area contributed by atoms with Crippen LogP contribution in [0.2, 0.25) is 0 Å². The third-order valence-electron chi connectivity index (χ3n) is 0. The van der Waals surface area contributed by atoms with Gasteiger partial charge in [0, 0.05) is 0 Å². The van der Waals surface area contributed by atoms with Crippen LogP contribution in [0.5, 0.6) is 0 Å². The Morgan fingerprint density at radius 1 is 1.14 bits per heavy atom. The molecule has 0 bridgehead atoms. The molecule has 0 unspecified atom stereocenters. The monoisotopic (exact) mass is 330 g/mol. The molecular formula is MoO3S2Sn. The van der Waals surface area contributed by atoms with Gasteiger partial charge in [0.1, 0.15) is 0 Å². The van der Waals surface area contributed by atoms with E-state index in [4.69, 9.17) is 10.2 Å². The molecule has 0 aliphatic carbocycles. The van der Waals surface area contributed by atoms with Crippen LogP contribution in [0.25, 0.3) is 0 Å². The summed E-state index contributed by atoms with van der Waals surface area (Å²) in [5.41, 5.74) is 0. The maximum absolute atomic E-state index is 8.59. The van der Waals surface area contributed by atoms with E-state index in [1.54, 1.807) is 0 Å². The Labute approximate surface area is 62.5 Å². The molecule has 0 rings (SSSR count). The Hall–Kier alpha value is 1.33. The molecule has 0 saturated carbocycles. The van der Waals surface area contributed by atoms with Crippen molar-refractivity contribution in [1.82, 2.24) is 0 Å². The van der Waals surface area contributed by atoms with Crippen LogP contribution in [0.15, 0.2) is 0 Å². The molecule has 0 aromatic rings. The van der Waals surface area contributed by atoms with E-state index >= 15 is 0 Å². The van der Waals surface area contributed by atoms with Gasteiger partial charge in [0.25, 0.3) is 0 Å². The predicted molar refractivity (Wildman–Crippen MR) is 23.0 cm³/mol. The summed E-state index contributed by atoms with van der Waals surface area (Å²) in [4.78, 5) is 0. The summed E-state index contributed by atoms with van der Waals surface area (Å²) in [6.07, 6.45) is 0. The summed E-state index contributed by atoms with van der Waals surface area (Å²) in [6.45, 7) is 0. The van der Waals surface area contributed by atoms with Crippen LogP contribution in [0, 0.1) is 0 Å². The molecule has 0 aromatic carbocycles. The van der Waals surface area contributed by atoms with Gasteiger partial charge in [0.15, 0.2) is 0 Å². The van der Waals surface area contributed by atoms with Crippen molar-refractivity contribution < 1.29 is 27.4 Å². The molecule has 0 spiro atoms. The molecule has 0 aliphatic rings. The van der Waals surface area contributed by atoms with Gasteiger partial charge < -0.3 is 0 Å². The molecule has 7 heavy (non-hydrogen) atoms. The van der Waals surface area contributed by atoms with Gasteiger partial charge in [-0.25, -0.2) is 0 Å². The number of hydrogen-bond acceptors (Lipinski definition) is 5. The Balaban J connectivity index is 0. The van der Waals surface area contributed by atoms with Gasteiger partial charge in [0.05, 0.1) is 0 Å². The summed E-state index contributed by atoms with van der Waals surface area (Å²) in [5.74, 6) is 0. The van der Waals surface area contributed by atoms with Gasteiger partial charge in [-0.2, -0.15) is 0 Å². The summed E-state index contributed by atoms with van der Waals surface area (Å²) < 4.78 is 25.8. The van der Waals surface area contributed by atoms with Crippen molar-refractivity contribution >= 4 is 35.8 Å². The van der Waals surface area contributed by atoms with Gasteiger partial charge in [-0.15, -0.1) is 0 Å². The van der Waals surface area contributed by atoms with E-state index in [0.29, 0.717) is 0 Å². The fourth-order valence-corrected chi connectivity index (χ4v) is 0. The second-order valence-electron chi connectivity index (χ2n) is 0.287. The van der Waals surface area contributed by atoms with E-state index in [-0.39, 0.29) is 0 Å². The summed E-state index contributed by atoms with van der Waals surface area (Å²) >= 11 is -4.71. The Kier molecular flexibility index (Phi) is 16.5. The van der Waals surface area contributed by atoms with Crippen molar-refractivity contribution in [2.24, 2.45) is 0 Å². The van der Waals surface area contributed by atoms with Crippen LogP contribution in [0.4, 0.5) is 0 Å². The van der Waals surface area contributed by atoms with Gasteiger partial charge in [-0.3, -0.25) is 0 Å². The fourth-order valence-electron chi connectivity index (χ4n) is 0. The van der Waals surface area contributed by atoms with Crippen LogP contribution in [0.3, 0.4) is 0 Å². The molecule has 0 atom stereocenters. The first-order chi connectivity index (χ1) is 3.15. The average Bonchev–Trinajstić information content (AvgIpc) is 1.33. The van der Waals surface area contributed by atoms with E-state index in [1.165, 1.54) is 0 Å². The summed E-state index contributed by atoms with van der Waals surface area (Å²) in [5, 5.41) is 0. The van der Waals surface area contributed by atoms with Gasteiger partial charge in [0.2, 0.25) is 0 Å². The second-order valence-corrected chi connectivity index (χ2v) is 6.24. The van der Waals surface area contributed by atoms with E-state index in [2.05, 4.69) is 18.6 Å². The van der Waals surface area contributed by atoms with Crippen LogP contribution in [0.1, 0.15) is 0 Å². The third kappa shape index (κ3) is 118. The molecule has 40 valence electrons. The Morgan fingerprint density at radius 2 is 1.14 bits per heavy atom. The van der Waals surface area contributed by atoms with Crippen molar-refractivity contribution in [3.63, 3.8) is 0 Å². The zero-order valence-corrected chi connectivity index (χ0v) is 9.44. The number of rotatable bonds is 0. The number of hydrogen-bond donors (Lipinski definition) is 0. The van der Waals surface area contributed by atoms with Gasteiger partial charge in [-0.1, -0.05) is 0 Å². The van der Waals surface area contributed by atoms with Crippen LogP contribution < -0.4 is 0 Å². The molecule has 3 nitrogen and oxygen atoms in total. The first kappa shape index (κ1) is 11.2. The zero-order valence-electron chi connectivity index (χ0n) is 2.95. The van der Waals surface area contributed by atoms with Crippen molar-refractivity contribution in [1.29, 1.82) is 0 Å². The summed E-state index contributed by atoms with van der Waals surface area (Å²) in [7, 11) is 8.76. The quantitative estimate of drug-likeness (QED) is 0.609. The van der Waals surface area contributed by atoms with Crippen molar-refractivity contribution in [3.05, 3.63) is 0 Å². The molecule has 7 heteroatoms. The molecule has 0 fully saturated rings. The van der Waals surface area contributed by atoms with Crippen molar-refractivity contribution in [2.75, 3.05) is 0 Å². The third-order valence-corrected chi connectivity index (χ3v) is 0. The van der Waals surface area contributed by atoms with Gasteiger partial charge >= 0.3 is 63.2 Å². The fraction of sp³-hybridized carbons (Fsp3) is 0. The minimum absolute atomic E-state index is 0.603. The van der Waals surface area contributed by atoms with Crippen LogP contribution in [-0.2, 0) is 27.4 Å². The molecule has 0 aromatic heterocycles. The minimum atomic E-state index is -4.11. The van der Waals surface area contributed by atoms with E-state index in [0.717, 1.165) is 0 Å². The zero-order chi connectivity index (χ0) is 6.28. The predicted octanol–water partition coefficient (Wildman–Crippen LogP) is 0.557. The normalized spacial score (nSPS) is 4.57. The van der Waals surface area contributed by atoms with Crippen LogP contribution in [-0.4, -0.2) is 17.3 Å². The standard InChI is InChI=1S/Mo.3O.2S.Sn. The van der Waals surface area contributed by atoms with Crippen LogP contribution >= 0.6 is 18.6 Å². The first-order valence-electron chi connectivity index (χ1n) is 0.908. The second kappa shape index (κ2) is 10.3. The first-order valence-corrected chi connectivity index (χ1v) is 11.2. The maximum atomic E-state index is 8.59. The molecule has 0 N–H and O–H groups in total. The summed E-state index contributed by atoms with van der Waals surface area (Å²) in [6, 6.07) is 0. The average molecular weight is 327 g/mol. The van der Waals surface area contributed by atoms with E-state index in [9.17, 15) is 0 Å². The molecule has 0 saturated heterocycles. The van der Waals surface area contributed by atoms with E-state index in [1.807, 2.05) is 0 Å². The molecule has 0 radical (unpaired) electrons. The SMILES string of the molecule is [O]=[Mo](=[O])=[O].[S]=[Sn]=[S]. The molecule has 0 amide bonds. The molecule has 0 aliphatic heterocycles. The topological polar surface area (TPSA) is 51.2 Å². The van der Waals surface area contributed by atoms with Crippen molar-refractivity contribution in [2.45, 2.75) is 0 Å². The van der Waals surface area contributed by atoms with E-state index < -0.39 is 34.5 Å². The van der Waals surface area contributed by atoms with Crippen molar-refractivity contribution in [3.8, 4) is 0 Å². The Morgan fingerprint density at radius 3 is 1.14 bits per heavy atom. The Bertz CT molecular complexity index is 140. The molecule has 0 heterocycles.